The maximum absolute atomic E-state index is 4.18. The molecule has 100 valence electrons. The molecule has 0 fully saturated rings. The van der Waals surface area contributed by atoms with Crippen molar-refractivity contribution >= 4 is 17.2 Å². The van der Waals surface area contributed by atoms with Crippen molar-refractivity contribution in [3.63, 3.8) is 0 Å². The molecule has 19 heavy (non-hydrogen) atoms. The molecular weight excluding hydrogens is 256 g/mol. The third-order valence-corrected chi connectivity index (χ3v) is 3.57. The van der Waals surface area contributed by atoms with Crippen LogP contribution in [-0.4, -0.2) is 16.7 Å². The Morgan fingerprint density at radius 2 is 2.00 bits per heavy atom. The predicted molar refractivity (Wildman–Crippen MR) is 78.1 cm³/mol. The van der Waals surface area contributed by atoms with Crippen molar-refractivity contribution in [2.24, 2.45) is 10.2 Å². The summed E-state index contributed by atoms with van der Waals surface area (Å²) in [6, 6.07) is 7.98. The number of thiophene rings is 1. The minimum atomic E-state index is 0.0157. The molecule has 0 aliphatic rings. The van der Waals surface area contributed by atoms with Gasteiger partial charge in [-0.2, -0.15) is 10.2 Å². The van der Waals surface area contributed by atoms with Gasteiger partial charge >= 0.3 is 0 Å². The predicted octanol–water partition coefficient (Wildman–Crippen LogP) is 4.16. The molecule has 2 aromatic heterocycles. The van der Waals surface area contributed by atoms with Crippen LogP contribution < -0.4 is 0 Å². The summed E-state index contributed by atoms with van der Waals surface area (Å²) in [5, 5.41) is 18.5. The topological polar surface area (TPSA) is 50.5 Å². The van der Waals surface area contributed by atoms with Crippen molar-refractivity contribution in [1.29, 1.82) is 0 Å². The van der Waals surface area contributed by atoms with Gasteiger partial charge in [0.05, 0.1) is 12.2 Å². The van der Waals surface area contributed by atoms with Crippen LogP contribution in [-0.2, 0) is 11.8 Å². The second-order valence-electron chi connectivity index (χ2n) is 5.32. The van der Waals surface area contributed by atoms with Gasteiger partial charge in [0.1, 0.15) is 0 Å². The maximum Gasteiger partial charge on any atom is 0.195 e. The molecule has 0 radical (unpaired) electrons. The molecule has 2 heterocycles. The van der Waals surface area contributed by atoms with Gasteiger partial charge in [0, 0.05) is 16.7 Å². The van der Waals surface area contributed by atoms with Gasteiger partial charge in [0.25, 0.3) is 0 Å². The summed E-state index contributed by atoms with van der Waals surface area (Å²) in [6.45, 7) is 7.01. The lowest BCUT2D eigenvalue weighted by Crippen LogP contribution is -2.13. The normalized spacial score (nSPS) is 12.2. The van der Waals surface area contributed by atoms with Crippen molar-refractivity contribution < 1.29 is 0 Å². The lowest BCUT2D eigenvalue weighted by Gasteiger charge is -2.15. The fourth-order valence-corrected chi connectivity index (χ4v) is 2.21. The van der Waals surface area contributed by atoms with Gasteiger partial charge in [-0.15, -0.1) is 21.5 Å². The zero-order valence-corrected chi connectivity index (χ0v) is 12.3. The van der Waals surface area contributed by atoms with Gasteiger partial charge in [-0.05, 0) is 23.6 Å². The first-order valence-electron chi connectivity index (χ1n) is 6.30. The van der Waals surface area contributed by atoms with E-state index in [-0.39, 0.29) is 5.41 Å². The van der Waals surface area contributed by atoms with Crippen LogP contribution in [0.5, 0.6) is 0 Å². The van der Waals surface area contributed by atoms with Crippen molar-refractivity contribution in [2.45, 2.75) is 32.6 Å². The molecule has 0 saturated heterocycles. The molecule has 2 aromatic rings. The number of aromatic nitrogens is 2. The van der Waals surface area contributed by atoms with Crippen LogP contribution in [0, 0.1) is 0 Å². The highest BCUT2D eigenvalue weighted by atomic mass is 32.1. The monoisotopic (exact) mass is 274 g/mol. The molecule has 0 atom stereocenters. The second-order valence-corrected chi connectivity index (χ2v) is 6.35. The van der Waals surface area contributed by atoms with E-state index in [1.54, 1.807) is 11.3 Å². The summed E-state index contributed by atoms with van der Waals surface area (Å²) in [6.07, 6.45) is 0.925. The Kier molecular flexibility index (Phi) is 4.37. The van der Waals surface area contributed by atoms with E-state index in [4.69, 9.17) is 0 Å². The highest BCUT2D eigenvalue weighted by Gasteiger charge is 2.15. The lowest BCUT2D eigenvalue weighted by atomic mass is 9.92. The van der Waals surface area contributed by atoms with Crippen molar-refractivity contribution in [3.05, 3.63) is 40.2 Å². The zero-order valence-electron chi connectivity index (χ0n) is 11.5. The molecule has 0 aliphatic heterocycles. The van der Waals surface area contributed by atoms with E-state index in [1.807, 2.05) is 18.2 Å². The van der Waals surface area contributed by atoms with Gasteiger partial charge < -0.3 is 0 Å². The van der Waals surface area contributed by atoms with Gasteiger partial charge in [-0.25, -0.2) is 0 Å². The first kappa shape index (κ1) is 13.8. The number of hydrogen-bond donors (Lipinski definition) is 0. The van der Waals surface area contributed by atoms with Gasteiger partial charge in [0.2, 0.25) is 0 Å². The van der Waals surface area contributed by atoms with E-state index in [0.29, 0.717) is 12.4 Å². The zero-order chi connectivity index (χ0) is 13.7. The van der Waals surface area contributed by atoms with Gasteiger partial charge in [0.15, 0.2) is 5.82 Å². The highest BCUT2D eigenvalue weighted by Crippen LogP contribution is 2.20. The third kappa shape index (κ3) is 4.21. The number of hydrogen-bond acceptors (Lipinski definition) is 5. The number of rotatable bonds is 4. The molecule has 0 N–H and O–H groups in total. The van der Waals surface area contributed by atoms with Crippen molar-refractivity contribution in [2.75, 3.05) is 6.54 Å². The van der Waals surface area contributed by atoms with Crippen molar-refractivity contribution in [3.8, 4) is 0 Å². The minimum Gasteiger partial charge on any atom is -0.187 e. The second kappa shape index (κ2) is 6.02. The smallest absolute Gasteiger partial charge is 0.187 e. The fourth-order valence-electron chi connectivity index (χ4n) is 1.52. The Hall–Kier alpha value is -1.62. The Balaban J connectivity index is 1.89. The van der Waals surface area contributed by atoms with E-state index in [0.717, 1.165) is 12.1 Å². The molecule has 5 heteroatoms. The summed E-state index contributed by atoms with van der Waals surface area (Å²) in [5.74, 6) is 0.569. The van der Waals surface area contributed by atoms with E-state index in [1.165, 1.54) is 4.88 Å². The Morgan fingerprint density at radius 3 is 2.58 bits per heavy atom. The maximum atomic E-state index is 4.18. The van der Waals surface area contributed by atoms with Crippen LogP contribution in [0.4, 0.5) is 5.82 Å². The summed E-state index contributed by atoms with van der Waals surface area (Å²) in [5.41, 5.74) is 0.979. The van der Waals surface area contributed by atoms with Gasteiger partial charge in [-0.1, -0.05) is 26.8 Å². The first-order chi connectivity index (χ1) is 9.05. The van der Waals surface area contributed by atoms with Crippen molar-refractivity contribution in [1.82, 2.24) is 10.2 Å². The van der Waals surface area contributed by atoms with E-state index >= 15 is 0 Å². The van der Waals surface area contributed by atoms with Crippen LogP contribution in [0.2, 0.25) is 0 Å². The third-order valence-electron chi connectivity index (χ3n) is 2.63. The fraction of sp³-hybridized carbons (Fsp3) is 0.429. The SMILES string of the molecule is CC(C)(C)c1ccc(N=NCCc2cccs2)nn1. The van der Waals surface area contributed by atoms with Gasteiger partial charge in [-0.3, -0.25) is 0 Å². The van der Waals surface area contributed by atoms with Crippen LogP contribution in [0.3, 0.4) is 0 Å². The van der Waals surface area contributed by atoms with E-state index in [9.17, 15) is 0 Å². The van der Waals surface area contributed by atoms with Crippen LogP contribution in [0.1, 0.15) is 31.3 Å². The molecule has 2 rings (SSSR count). The summed E-state index contributed by atoms with van der Waals surface area (Å²) < 4.78 is 0. The molecule has 0 aromatic carbocycles. The summed E-state index contributed by atoms with van der Waals surface area (Å²) >= 11 is 1.74. The molecule has 0 amide bonds. The molecule has 0 aliphatic carbocycles. The summed E-state index contributed by atoms with van der Waals surface area (Å²) in [7, 11) is 0. The van der Waals surface area contributed by atoms with E-state index in [2.05, 4.69) is 52.6 Å². The average Bonchev–Trinajstić information content (AvgIpc) is 2.87. The van der Waals surface area contributed by atoms with Crippen LogP contribution in [0.15, 0.2) is 39.9 Å². The molecule has 0 spiro atoms. The van der Waals surface area contributed by atoms with E-state index < -0.39 is 0 Å². The average molecular weight is 274 g/mol. The molecule has 0 saturated carbocycles. The molecule has 0 unspecified atom stereocenters. The summed E-state index contributed by atoms with van der Waals surface area (Å²) in [4.78, 5) is 1.33. The van der Waals surface area contributed by atoms with Crippen LogP contribution in [0.25, 0.3) is 0 Å². The quantitative estimate of drug-likeness (QED) is 0.786. The Labute approximate surface area is 117 Å². The largest absolute Gasteiger partial charge is 0.195 e. The Bertz CT molecular complexity index is 524. The molecule has 0 bridgehead atoms. The standard InChI is InChI=1S/C14H18N4S/c1-14(2,3)12-6-7-13(18-16-12)17-15-9-8-11-5-4-10-19-11/h4-7,10H,8-9H2,1-3H3. The minimum absolute atomic E-state index is 0.0157. The molecular formula is C14H18N4S. The number of nitrogens with zero attached hydrogens (tertiary/aromatic N) is 4. The molecule has 4 nitrogen and oxygen atoms in total. The first-order valence-corrected chi connectivity index (χ1v) is 7.18. The highest BCUT2D eigenvalue weighted by molar-refractivity contribution is 7.09. The number of azo groups is 1. The van der Waals surface area contributed by atoms with Crippen LogP contribution >= 0.6 is 11.3 Å². The lowest BCUT2D eigenvalue weighted by molar-refractivity contribution is 0.558. The Morgan fingerprint density at radius 1 is 1.16 bits per heavy atom.